The Morgan fingerprint density at radius 3 is 2.25 bits per heavy atom. The second-order valence-corrected chi connectivity index (χ2v) is 11.0. The number of carbonyl (C=O) groups excluding carboxylic acids is 2. The zero-order valence-electron chi connectivity index (χ0n) is 20.7. The Bertz CT molecular complexity index is 1260. The minimum absolute atomic E-state index is 0.131. The van der Waals surface area contributed by atoms with E-state index in [1.54, 1.807) is 48.5 Å². The van der Waals surface area contributed by atoms with E-state index >= 15 is 0 Å². The summed E-state index contributed by atoms with van der Waals surface area (Å²) < 4.78 is 5.86. The highest BCUT2D eigenvalue weighted by molar-refractivity contribution is 5.88. The van der Waals surface area contributed by atoms with Gasteiger partial charge >= 0.3 is 5.97 Å². The number of fused-ring (bicyclic) bond motifs is 5. The van der Waals surface area contributed by atoms with Crippen molar-refractivity contribution in [1.29, 1.82) is 0 Å². The fourth-order valence-corrected chi connectivity index (χ4v) is 7.34. The van der Waals surface area contributed by atoms with Crippen LogP contribution >= 0.6 is 0 Å². The molecule has 0 heterocycles. The number of aryl methyl sites for hydroxylation is 1. The van der Waals surface area contributed by atoms with Gasteiger partial charge in [0.1, 0.15) is 11.5 Å². The molecule has 0 aliphatic heterocycles. The molecule has 0 aromatic heterocycles. The zero-order chi connectivity index (χ0) is 24.9. The molecule has 4 nitrogen and oxygen atoms in total. The van der Waals surface area contributed by atoms with Crippen molar-refractivity contribution in [3.05, 3.63) is 101 Å². The van der Waals surface area contributed by atoms with Gasteiger partial charge in [0.05, 0.1) is 0 Å². The molecule has 0 radical (unpaired) electrons. The minimum atomic E-state index is -1.91. The van der Waals surface area contributed by atoms with Gasteiger partial charge in [0.15, 0.2) is 0 Å². The van der Waals surface area contributed by atoms with Crippen molar-refractivity contribution < 1.29 is 19.4 Å². The SMILES string of the molecule is C[C@]12CC[C@@H]3c4ccc(OC(=O)C(O)(c5ccccc5)c5ccccc5)cc4CC[C@H]3[C@@H]1CCC2=O. The van der Waals surface area contributed by atoms with Crippen molar-refractivity contribution in [2.24, 2.45) is 17.3 Å². The summed E-state index contributed by atoms with van der Waals surface area (Å²) in [5.74, 6) is 1.71. The van der Waals surface area contributed by atoms with Gasteiger partial charge in [0, 0.05) is 11.8 Å². The van der Waals surface area contributed by atoms with Gasteiger partial charge in [-0.3, -0.25) is 4.79 Å². The molecule has 3 aliphatic rings. The molecule has 0 unspecified atom stereocenters. The summed E-state index contributed by atoms with van der Waals surface area (Å²) in [6.07, 6.45) is 5.76. The lowest BCUT2D eigenvalue weighted by molar-refractivity contribution is -0.152. The summed E-state index contributed by atoms with van der Waals surface area (Å²) in [4.78, 5) is 26.1. The summed E-state index contributed by atoms with van der Waals surface area (Å²) in [5, 5.41) is 11.7. The van der Waals surface area contributed by atoms with Gasteiger partial charge < -0.3 is 9.84 Å². The van der Waals surface area contributed by atoms with Crippen molar-refractivity contribution >= 4 is 11.8 Å². The van der Waals surface area contributed by atoms with E-state index in [1.807, 2.05) is 24.3 Å². The van der Waals surface area contributed by atoms with E-state index in [0.717, 1.165) is 38.5 Å². The summed E-state index contributed by atoms with van der Waals surface area (Å²) in [6.45, 7) is 2.20. The molecule has 0 spiro atoms. The molecule has 4 atom stereocenters. The Balaban J connectivity index is 1.28. The van der Waals surface area contributed by atoms with Gasteiger partial charge in [-0.05, 0) is 84.2 Å². The maximum Gasteiger partial charge on any atom is 0.353 e. The summed E-state index contributed by atoms with van der Waals surface area (Å²) in [7, 11) is 0. The Morgan fingerprint density at radius 1 is 0.917 bits per heavy atom. The number of hydrogen-bond donors (Lipinski definition) is 1. The second-order valence-electron chi connectivity index (χ2n) is 11.0. The van der Waals surface area contributed by atoms with Crippen LogP contribution in [-0.2, 0) is 21.6 Å². The number of ether oxygens (including phenoxy) is 1. The smallest absolute Gasteiger partial charge is 0.353 e. The summed E-state index contributed by atoms with van der Waals surface area (Å²) in [5.41, 5.74) is 1.46. The van der Waals surface area contributed by atoms with Gasteiger partial charge in [-0.15, -0.1) is 0 Å². The lowest BCUT2D eigenvalue weighted by Gasteiger charge is -2.48. The number of ketones is 1. The van der Waals surface area contributed by atoms with Crippen LogP contribution in [0.2, 0.25) is 0 Å². The molecule has 2 saturated carbocycles. The Hall–Kier alpha value is -3.24. The molecule has 0 bridgehead atoms. The van der Waals surface area contributed by atoms with Gasteiger partial charge in [0.2, 0.25) is 5.60 Å². The lowest BCUT2D eigenvalue weighted by atomic mass is 9.55. The van der Waals surface area contributed by atoms with E-state index in [-0.39, 0.29) is 5.41 Å². The van der Waals surface area contributed by atoms with E-state index in [4.69, 9.17) is 4.74 Å². The Labute approximate surface area is 212 Å². The highest BCUT2D eigenvalue weighted by Crippen LogP contribution is 2.59. The third kappa shape index (κ3) is 3.54. The molecule has 3 aromatic rings. The van der Waals surface area contributed by atoms with Crippen LogP contribution < -0.4 is 4.74 Å². The van der Waals surface area contributed by atoms with Crippen LogP contribution in [0.25, 0.3) is 0 Å². The first-order chi connectivity index (χ1) is 17.4. The van der Waals surface area contributed by atoms with Crippen molar-refractivity contribution in [2.45, 2.75) is 57.0 Å². The largest absolute Gasteiger partial charge is 0.424 e. The van der Waals surface area contributed by atoms with Crippen LogP contribution in [0.4, 0.5) is 0 Å². The van der Waals surface area contributed by atoms with E-state index in [2.05, 4.69) is 13.0 Å². The average molecular weight is 481 g/mol. The number of hydrogen-bond acceptors (Lipinski definition) is 4. The van der Waals surface area contributed by atoms with Crippen molar-refractivity contribution in [1.82, 2.24) is 0 Å². The number of carbonyl (C=O) groups is 2. The maximum absolute atomic E-state index is 13.5. The third-order valence-electron chi connectivity index (χ3n) is 9.30. The average Bonchev–Trinajstić information content (AvgIpc) is 3.23. The van der Waals surface area contributed by atoms with Crippen molar-refractivity contribution in [3.8, 4) is 5.75 Å². The molecule has 2 fully saturated rings. The highest BCUT2D eigenvalue weighted by atomic mass is 16.6. The van der Waals surface area contributed by atoms with Gasteiger partial charge in [0.25, 0.3) is 0 Å². The van der Waals surface area contributed by atoms with E-state index in [1.165, 1.54) is 11.1 Å². The highest BCUT2D eigenvalue weighted by Gasteiger charge is 2.54. The number of rotatable bonds is 4. The molecule has 6 rings (SSSR count). The first-order valence-electron chi connectivity index (χ1n) is 13.1. The molecular weight excluding hydrogens is 448 g/mol. The molecule has 0 amide bonds. The Morgan fingerprint density at radius 2 is 1.58 bits per heavy atom. The summed E-state index contributed by atoms with van der Waals surface area (Å²) >= 11 is 0. The van der Waals surface area contributed by atoms with E-state index in [9.17, 15) is 14.7 Å². The van der Waals surface area contributed by atoms with Crippen LogP contribution in [-0.4, -0.2) is 16.9 Å². The number of Topliss-reactive ketones (excluding diaryl/α,β-unsaturated/α-hetero) is 1. The molecule has 1 N–H and O–H groups in total. The van der Waals surface area contributed by atoms with Crippen LogP contribution in [0.15, 0.2) is 78.9 Å². The monoisotopic (exact) mass is 480 g/mol. The van der Waals surface area contributed by atoms with Gasteiger partial charge in [-0.2, -0.15) is 0 Å². The van der Waals surface area contributed by atoms with E-state index < -0.39 is 11.6 Å². The molecular formula is C32H32O4. The normalized spacial score (nSPS) is 27.1. The van der Waals surface area contributed by atoms with E-state index in [0.29, 0.717) is 40.4 Å². The molecule has 4 heteroatoms. The Kier molecular flexibility index (Phi) is 5.60. The van der Waals surface area contributed by atoms with Crippen molar-refractivity contribution in [2.75, 3.05) is 0 Å². The molecule has 184 valence electrons. The maximum atomic E-state index is 13.5. The van der Waals surface area contributed by atoms with Crippen molar-refractivity contribution in [3.63, 3.8) is 0 Å². The molecule has 3 aromatic carbocycles. The fourth-order valence-electron chi connectivity index (χ4n) is 7.34. The summed E-state index contributed by atoms with van der Waals surface area (Å²) in [6, 6.07) is 23.8. The van der Waals surface area contributed by atoms with Crippen LogP contribution in [0.3, 0.4) is 0 Å². The standard InChI is InChI=1S/C32H32O4/c1-31-19-18-26-25-15-13-24(20-21(25)12-14-27(26)28(31)16-17-29(31)33)36-30(34)32(35,22-8-4-2-5-9-22)23-10-6-3-7-11-23/h2-11,13,15,20,26-28,35H,12,14,16-19H2,1H3/t26-,27-,28+,31+/m1/s1. The van der Waals surface area contributed by atoms with Gasteiger partial charge in [-0.1, -0.05) is 73.7 Å². The quantitative estimate of drug-likeness (QED) is 0.370. The predicted octanol–water partition coefficient (Wildman–Crippen LogP) is 5.95. The topological polar surface area (TPSA) is 63.6 Å². The zero-order valence-corrected chi connectivity index (χ0v) is 20.7. The minimum Gasteiger partial charge on any atom is -0.424 e. The lowest BCUT2D eigenvalue weighted by Crippen LogP contribution is -2.42. The number of benzene rings is 3. The predicted molar refractivity (Wildman–Crippen MR) is 138 cm³/mol. The van der Waals surface area contributed by atoms with Crippen LogP contribution in [0.1, 0.15) is 67.2 Å². The van der Waals surface area contributed by atoms with Crippen LogP contribution in [0.5, 0.6) is 5.75 Å². The van der Waals surface area contributed by atoms with Crippen LogP contribution in [0, 0.1) is 17.3 Å². The first kappa shape index (κ1) is 23.2. The molecule has 0 saturated heterocycles. The van der Waals surface area contributed by atoms with Gasteiger partial charge in [-0.25, -0.2) is 4.79 Å². The fraction of sp³-hybridized carbons (Fsp3) is 0.375. The number of aliphatic hydroxyl groups is 1. The third-order valence-corrected chi connectivity index (χ3v) is 9.30. The number of esters is 1. The first-order valence-corrected chi connectivity index (χ1v) is 13.1. The molecule has 36 heavy (non-hydrogen) atoms. The molecule has 3 aliphatic carbocycles. The second kappa shape index (κ2) is 8.70.